The van der Waals surface area contributed by atoms with Crippen LogP contribution >= 0.6 is 0 Å². The van der Waals surface area contributed by atoms with Crippen molar-refractivity contribution in [2.24, 2.45) is 0 Å². The van der Waals surface area contributed by atoms with Gasteiger partial charge in [0.25, 0.3) is 0 Å². The van der Waals surface area contributed by atoms with Gasteiger partial charge in [-0.3, -0.25) is 0 Å². The molecule has 2 nitrogen and oxygen atoms in total. The van der Waals surface area contributed by atoms with Crippen LogP contribution in [0, 0.1) is 11.3 Å². The van der Waals surface area contributed by atoms with E-state index in [0.717, 1.165) is 12.6 Å². The molecule has 0 spiro atoms. The van der Waals surface area contributed by atoms with Gasteiger partial charge in [0, 0.05) is 19.0 Å². The lowest BCUT2D eigenvalue weighted by atomic mass is 9.94. The van der Waals surface area contributed by atoms with Crippen LogP contribution in [-0.2, 0) is 0 Å². The van der Waals surface area contributed by atoms with E-state index in [2.05, 4.69) is 18.0 Å². The Hall–Kier alpha value is -0.550. The Bertz CT molecular complexity index is 154. The fraction of sp³-hybridized carbons (Fsp3) is 0.900. The van der Waals surface area contributed by atoms with Gasteiger partial charge in [-0.15, -0.1) is 0 Å². The van der Waals surface area contributed by atoms with E-state index >= 15 is 0 Å². The number of rotatable bonds is 3. The van der Waals surface area contributed by atoms with Crippen LogP contribution in [0.25, 0.3) is 0 Å². The molecular formula is C10H18N2. The highest BCUT2D eigenvalue weighted by molar-refractivity contribution is 4.77. The van der Waals surface area contributed by atoms with Crippen molar-refractivity contribution in [3.05, 3.63) is 0 Å². The van der Waals surface area contributed by atoms with E-state index in [9.17, 15) is 0 Å². The normalized spacial score (nSPS) is 19.4. The predicted molar refractivity (Wildman–Crippen MR) is 49.7 cm³/mol. The molecule has 0 heterocycles. The topological polar surface area (TPSA) is 27.0 Å². The Morgan fingerprint density at radius 3 is 2.58 bits per heavy atom. The maximum Gasteiger partial charge on any atom is 0.0635 e. The summed E-state index contributed by atoms with van der Waals surface area (Å²) in [5.41, 5.74) is 0. The summed E-state index contributed by atoms with van der Waals surface area (Å²) in [6, 6.07) is 2.95. The van der Waals surface area contributed by atoms with Crippen molar-refractivity contribution in [2.45, 2.75) is 44.6 Å². The predicted octanol–water partition coefficient (Wildman–Crippen LogP) is 2.16. The fourth-order valence-corrected chi connectivity index (χ4v) is 1.93. The summed E-state index contributed by atoms with van der Waals surface area (Å²) < 4.78 is 0. The molecular weight excluding hydrogens is 148 g/mol. The van der Waals surface area contributed by atoms with Crippen LogP contribution < -0.4 is 0 Å². The van der Waals surface area contributed by atoms with Gasteiger partial charge < -0.3 is 4.90 Å². The van der Waals surface area contributed by atoms with Crippen molar-refractivity contribution in [3.8, 4) is 6.07 Å². The Kier molecular flexibility index (Phi) is 4.10. The Labute approximate surface area is 75.2 Å². The van der Waals surface area contributed by atoms with Crippen LogP contribution in [0.1, 0.15) is 38.5 Å². The Morgan fingerprint density at radius 2 is 2.00 bits per heavy atom. The number of nitriles is 1. The molecule has 0 unspecified atom stereocenters. The minimum absolute atomic E-state index is 0.674. The number of hydrogen-bond donors (Lipinski definition) is 0. The summed E-state index contributed by atoms with van der Waals surface area (Å²) in [7, 11) is 2.15. The van der Waals surface area contributed by atoms with E-state index < -0.39 is 0 Å². The quantitative estimate of drug-likeness (QED) is 0.642. The molecule has 1 aliphatic carbocycles. The molecule has 0 aromatic carbocycles. The maximum atomic E-state index is 8.44. The lowest BCUT2D eigenvalue weighted by molar-refractivity contribution is 0.195. The molecule has 0 aromatic heterocycles. The van der Waals surface area contributed by atoms with Crippen molar-refractivity contribution in [1.29, 1.82) is 5.26 Å². The highest BCUT2D eigenvalue weighted by Crippen LogP contribution is 2.21. The van der Waals surface area contributed by atoms with Gasteiger partial charge in [-0.25, -0.2) is 0 Å². The van der Waals surface area contributed by atoms with E-state index in [4.69, 9.17) is 5.26 Å². The van der Waals surface area contributed by atoms with E-state index in [1.54, 1.807) is 0 Å². The first-order chi connectivity index (χ1) is 5.84. The average Bonchev–Trinajstić information content (AvgIpc) is 2.15. The van der Waals surface area contributed by atoms with Gasteiger partial charge in [-0.05, 0) is 19.9 Å². The molecule has 2 heteroatoms. The van der Waals surface area contributed by atoms with Gasteiger partial charge in [-0.2, -0.15) is 5.26 Å². The van der Waals surface area contributed by atoms with Crippen molar-refractivity contribution < 1.29 is 0 Å². The SMILES string of the molecule is CN(CCC#N)C1CCCCC1. The summed E-state index contributed by atoms with van der Waals surface area (Å²) in [6.07, 6.45) is 7.50. The molecule has 0 bridgehead atoms. The van der Waals surface area contributed by atoms with Gasteiger partial charge in [0.2, 0.25) is 0 Å². The zero-order valence-electron chi connectivity index (χ0n) is 7.92. The largest absolute Gasteiger partial charge is 0.302 e. The highest BCUT2D eigenvalue weighted by atomic mass is 15.1. The molecule has 0 radical (unpaired) electrons. The zero-order chi connectivity index (χ0) is 8.81. The second-order valence-electron chi connectivity index (χ2n) is 3.68. The Balaban J connectivity index is 2.21. The first-order valence-corrected chi connectivity index (χ1v) is 4.92. The van der Waals surface area contributed by atoms with E-state index in [-0.39, 0.29) is 0 Å². The first-order valence-electron chi connectivity index (χ1n) is 4.92. The molecule has 0 aliphatic heterocycles. The Morgan fingerprint density at radius 1 is 1.33 bits per heavy atom. The van der Waals surface area contributed by atoms with Crippen LogP contribution in [0.3, 0.4) is 0 Å². The van der Waals surface area contributed by atoms with Gasteiger partial charge in [0.15, 0.2) is 0 Å². The standard InChI is InChI=1S/C10H18N2/c1-12(9-5-8-11)10-6-3-2-4-7-10/h10H,2-7,9H2,1H3. The van der Waals surface area contributed by atoms with Gasteiger partial charge in [-0.1, -0.05) is 19.3 Å². The van der Waals surface area contributed by atoms with Crippen molar-refractivity contribution in [3.63, 3.8) is 0 Å². The molecule has 1 fully saturated rings. The fourth-order valence-electron chi connectivity index (χ4n) is 1.93. The second-order valence-corrected chi connectivity index (χ2v) is 3.68. The molecule has 0 N–H and O–H groups in total. The molecule has 0 amide bonds. The molecule has 68 valence electrons. The molecule has 0 saturated heterocycles. The van der Waals surface area contributed by atoms with Crippen LogP contribution in [0.5, 0.6) is 0 Å². The molecule has 12 heavy (non-hydrogen) atoms. The lowest BCUT2D eigenvalue weighted by Gasteiger charge is -2.30. The van der Waals surface area contributed by atoms with Gasteiger partial charge >= 0.3 is 0 Å². The third-order valence-corrected chi connectivity index (χ3v) is 2.77. The number of hydrogen-bond acceptors (Lipinski definition) is 2. The minimum atomic E-state index is 0.674. The van der Waals surface area contributed by atoms with Crippen molar-refractivity contribution in [1.82, 2.24) is 4.90 Å². The molecule has 1 aliphatic rings. The highest BCUT2D eigenvalue weighted by Gasteiger charge is 2.16. The molecule has 0 aromatic rings. The van der Waals surface area contributed by atoms with Crippen molar-refractivity contribution >= 4 is 0 Å². The van der Waals surface area contributed by atoms with Gasteiger partial charge in [0.1, 0.15) is 0 Å². The van der Waals surface area contributed by atoms with E-state index in [0.29, 0.717) is 6.42 Å². The summed E-state index contributed by atoms with van der Waals surface area (Å²) in [4.78, 5) is 2.35. The molecule has 0 atom stereocenters. The van der Waals surface area contributed by atoms with E-state index in [1.807, 2.05) is 0 Å². The van der Waals surface area contributed by atoms with Crippen LogP contribution in [0.4, 0.5) is 0 Å². The summed E-state index contributed by atoms with van der Waals surface area (Å²) in [5.74, 6) is 0. The summed E-state index contributed by atoms with van der Waals surface area (Å²) >= 11 is 0. The summed E-state index contributed by atoms with van der Waals surface area (Å²) in [6.45, 7) is 0.946. The van der Waals surface area contributed by atoms with Crippen molar-refractivity contribution in [2.75, 3.05) is 13.6 Å². The smallest absolute Gasteiger partial charge is 0.0635 e. The van der Waals surface area contributed by atoms with Crippen LogP contribution in [-0.4, -0.2) is 24.5 Å². The third-order valence-electron chi connectivity index (χ3n) is 2.77. The van der Waals surface area contributed by atoms with Crippen LogP contribution in [0.2, 0.25) is 0 Å². The lowest BCUT2D eigenvalue weighted by Crippen LogP contribution is -2.33. The number of nitrogens with zero attached hydrogens (tertiary/aromatic N) is 2. The summed E-state index contributed by atoms with van der Waals surface area (Å²) in [5, 5.41) is 8.44. The average molecular weight is 166 g/mol. The monoisotopic (exact) mass is 166 g/mol. The molecule has 1 saturated carbocycles. The van der Waals surface area contributed by atoms with E-state index in [1.165, 1.54) is 32.1 Å². The second kappa shape index (κ2) is 5.16. The third kappa shape index (κ3) is 2.83. The maximum absolute atomic E-state index is 8.44. The molecule has 1 rings (SSSR count). The van der Waals surface area contributed by atoms with Crippen LogP contribution in [0.15, 0.2) is 0 Å². The minimum Gasteiger partial charge on any atom is -0.302 e. The zero-order valence-corrected chi connectivity index (χ0v) is 7.92. The van der Waals surface area contributed by atoms with Gasteiger partial charge in [0.05, 0.1) is 6.07 Å². The first kappa shape index (κ1) is 9.54.